The van der Waals surface area contributed by atoms with Crippen molar-refractivity contribution >= 4 is 16.7 Å². The monoisotopic (exact) mass is 399 g/mol. The molecule has 0 saturated heterocycles. The van der Waals surface area contributed by atoms with Gasteiger partial charge in [-0.15, -0.1) is 0 Å². The zero-order valence-electron chi connectivity index (χ0n) is 17.9. The van der Waals surface area contributed by atoms with Gasteiger partial charge in [0.25, 0.3) is 0 Å². The van der Waals surface area contributed by atoms with E-state index in [4.69, 9.17) is 4.84 Å². The van der Waals surface area contributed by atoms with Crippen LogP contribution in [0.1, 0.15) is 83.1 Å². The second kappa shape index (κ2) is 14.0. The van der Waals surface area contributed by atoms with Gasteiger partial charge in [0.15, 0.2) is 0 Å². The smallest absolute Gasteiger partial charge is 0.243 e. The molecule has 160 valence electrons. The first-order chi connectivity index (χ1) is 14.2. The highest BCUT2D eigenvalue weighted by Gasteiger charge is 2.07. The van der Waals surface area contributed by atoms with Gasteiger partial charge in [-0.3, -0.25) is 9.63 Å². The summed E-state index contributed by atoms with van der Waals surface area (Å²) in [6.45, 7) is 2.81. The van der Waals surface area contributed by atoms with Crippen LogP contribution in [0.2, 0.25) is 0 Å². The average Bonchev–Trinajstić information content (AvgIpc) is 2.73. The van der Waals surface area contributed by atoms with Crippen LogP contribution >= 0.6 is 0 Å². The van der Waals surface area contributed by atoms with E-state index in [1.165, 1.54) is 51.4 Å². The number of hydroxylamine groups is 1. The van der Waals surface area contributed by atoms with Gasteiger partial charge in [-0.2, -0.15) is 0 Å². The molecule has 0 aliphatic rings. The number of phenols is 1. The van der Waals surface area contributed by atoms with E-state index < -0.39 is 0 Å². The molecule has 0 aliphatic carbocycles. The minimum absolute atomic E-state index is 0.148. The summed E-state index contributed by atoms with van der Waals surface area (Å²) in [6.07, 6.45) is 13.6. The maximum atomic E-state index is 12.0. The lowest BCUT2D eigenvalue weighted by Crippen LogP contribution is -2.24. The molecular weight excluding hydrogens is 362 g/mol. The van der Waals surface area contributed by atoms with Gasteiger partial charge in [-0.1, -0.05) is 89.0 Å². The molecule has 4 nitrogen and oxygen atoms in total. The summed E-state index contributed by atoms with van der Waals surface area (Å²) >= 11 is 0. The molecule has 4 heteroatoms. The number of hydrogen-bond donors (Lipinski definition) is 2. The molecule has 2 N–H and O–H groups in total. The molecule has 0 unspecified atom stereocenters. The zero-order valence-corrected chi connectivity index (χ0v) is 17.9. The first-order valence-corrected chi connectivity index (χ1v) is 11.3. The molecule has 2 aromatic rings. The van der Waals surface area contributed by atoms with Crippen LogP contribution in [-0.4, -0.2) is 17.6 Å². The molecule has 1 amide bonds. The van der Waals surface area contributed by atoms with Gasteiger partial charge in [0.2, 0.25) is 5.91 Å². The number of fused-ring (bicyclic) bond motifs is 1. The van der Waals surface area contributed by atoms with E-state index in [-0.39, 0.29) is 11.7 Å². The molecule has 0 radical (unpaired) electrons. The number of nitrogens with one attached hydrogen (secondary N) is 1. The van der Waals surface area contributed by atoms with E-state index in [0.717, 1.165) is 29.2 Å². The van der Waals surface area contributed by atoms with Crippen LogP contribution < -0.4 is 5.48 Å². The predicted octanol–water partition coefficient (Wildman–Crippen LogP) is 6.45. The summed E-state index contributed by atoms with van der Waals surface area (Å²) < 4.78 is 0. The number of rotatable bonds is 15. The number of aryl methyl sites for hydroxylation is 1. The molecule has 0 bridgehead atoms. The SMILES string of the molecule is CCCCCCCCCCCCONC(=O)CCc1cc2ccccc2cc1O. The van der Waals surface area contributed by atoms with Crippen molar-refractivity contribution in [2.45, 2.75) is 84.0 Å². The quantitative estimate of drug-likeness (QED) is 0.267. The first kappa shape index (κ1) is 23.2. The van der Waals surface area contributed by atoms with Crippen LogP contribution in [0.25, 0.3) is 10.8 Å². The summed E-state index contributed by atoms with van der Waals surface area (Å²) in [4.78, 5) is 17.2. The minimum atomic E-state index is -0.148. The Kier molecular flexibility index (Phi) is 11.2. The maximum Gasteiger partial charge on any atom is 0.243 e. The van der Waals surface area contributed by atoms with Crippen LogP contribution in [0, 0.1) is 0 Å². The van der Waals surface area contributed by atoms with E-state index in [1.54, 1.807) is 6.07 Å². The molecule has 0 heterocycles. The van der Waals surface area contributed by atoms with E-state index in [1.807, 2.05) is 30.3 Å². The molecule has 0 fully saturated rings. The predicted molar refractivity (Wildman–Crippen MR) is 120 cm³/mol. The van der Waals surface area contributed by atoms with Crippen LogP contribution in [0.5, 0.6) is 5.75 Å². The number of carbonyl (C=O) groups is 1. The molecule has 0 spiro atoms. The third-order valence-corrected chi connectivity index (χ3v) is 5.35. The van der Waals surface area contributed by atoms with E-state index in [0.29, 0.717) is 19.4 Å². The Labute approximate surface area is 175 Å². The topological polar surface area (TPSA) is 58.6 Å². The Morgan fingerprint density at radius 2 is 1.48 bits per heavy atom. The highest BCUT2D eigenvalue weighted by Crippen LogP contribution is 2.25. The van der Waals surface area contributed by atoms with Crippen molar-refractivity contribution < 1.29 is 14.7 Å². The van der Waals surface area contributed by atoms with Crippen LogP contribution in [0.4, 0.5) is 0 Å². The fraction of sp³-hybridized carbons (Fsp3) is 0.560. The Balaban J connectivity index is 1.50. The van der Waals surface area contributed by atoms with Crippen molar-refractivity contribution in [3.05, 3.63) is 42.0 Å². The minimum Gasteiger partial charge on any atom is -0.508 e. The fourth-order valence-corrected chi connectivity index (χ4v) is 3.57. The third-order valence-electron chi connectivity index (χ3n) is 5.35. The highest BCUT2D eigenvalue weighted by molar-refractivity contribution is 5.85. The normalized spacial score (nSPS) is 11.1. The van der Waals surface area contributed by atoms with Gasteiger partial charge >= 0.3 is 0 Å². The van der Waals surface area contributed by atoms with Crippen molar-refractivity contribution in [1.29, 1.82) is 0 Å². The number of carbonyl (C=O) groups excluding carboxylic acids is 1. The molecule has 0 saturated carbocycles. The Hall–Kier alpha value is -2.07. The second-order valence-corrected chi connectivity index (χ2v) is 7.88. The summed E-state index contributed by atoms with van der Waals surface area (Å²) in [5.41, 5.74) is 3.31. The summed E-state index contributed by atoms with van der Waals surface area (Å²) in [5, 5.41) is 12.2. The van der Waals surface area contributed by atoms with Crippen molar-refractivity contribution in [2.24, 2.45) is 0 Å². The number of phenolic OH excluding ortho intramolecular Hbond substituents is 1. The third kappa shape index (κ3) is 9.31. The number of benzene rings is 2. The molecule has 2 rings (SSSR count). The van der Waals surface area contributed by atoms with Crippen LogP contribution in [0.3, 0.4) is 0 Å². The molecule has 0 atom stereocenters. The fourth-order valence-electron chi connectivity index (χ4n) is 3.57. The highest BCUT2D eigenvalue weighted by atomic mass is 16.6. The Morgan fingerprint density at radius 3 is 2.14 bits per heavy atom. The van der Waals surface area contributed by atoms with Gasteiger partial charge < -0.3 is 5.11 Å². The Bertz CT molecular complexity index is 729. The van der Waals surface area contributed by atoms with Crippen molar-refractivity contribution in [3.63, 3.8) is 0 Å². The largest absolute Gasteiger partial charge is 0.508 e. The van der Waals surface area contributed by atoms with Crippen LogP contribution in [0.15, 0.2) is 36.4 Å². The summed E-state index contributed by atoms with van der Waals surface area (Å²) in [5.74, 6) is 0.0902. The van der Waals surface area contributed by atoms with Gasteiger partial charge in [0.1, 0.15) is 5.75 Å². The summed E-state index contributed by atoms with van der Waals surface area (Å²) in [6, 6.07) is 11.6. The second-order valence-electron chi connectivity index (χ2n) is 7.88. The van der Waals surface area contributed by atoms with Gasteiger partial charge in [-0.25, -0.2) is 5.48 Å². The van der Waals surface area contributed by atoms with Crippen molar-refractivity contribution in [2.75, 3.05) is 6.61 Å². The molecule has 0 aromatic heterocycles. The van der Waals surface area contributed by atoms with Crippen molar-refractivity contribution in [1.82, 2.24) is 5.48 Å². The molecule has 0 aliphatic heterocycles. The zero-order chi connectivity index (χ0) is 20.7. The van der Waals surface area contributed by atoms with E-state index >= 15 is 0 Å². The lowest BCUT2D eigenvalue weighted by Gasteiger charge is -2.08. The molecule has 29 heavy (non-hydrogen) atoms. The van der Waals surface area contributed by atoms with E-state index in [2.05, 4.69) is 12.4 Å². The van der Waals surface area contributed by atoms with Gasteiger partial charge in [-0.05, 0) is 41.3 Å². The number of hydrogen-bond acceptors (Lipinski definition) is 3. The lowest BCUT2D eigenvalue weighted by molar-refractivity contribution is -0.133. The molecular formula is C25H37NO3. The maximum absolute atomic E-state index is 12.0. The number of aromatic hydroxyl groups is 1. The lowest BCUT2D eigenvalue weighted by atomic mass is 10.0. The van der Waals surface area contributed by atoms with Crippen molar-refractivity contribution in [3.8, 4) is 5.75 Å². The number of unbranched alkanes of at least 4 members (excludes halogenated alkanes) is 9. The standard InChI is InChI=1S/C25H37NO3/c1-2-3-4-5-6-7-8-9-10-13-18-29-26-25(28)17-16-23-19-21-14-11-12-15-22(21)20-24(23)27/h11-12,14-15,19-20,27H,2-10,13,16-18H2,1H3,(H,26,28). The Morgan fingerprint density at radius 1 is 0.897 bits per heavy atom. The van der Waals surface area contributed by atoms with Gasteiger partial charge in [0.05, 0.1) is 6.61 Å². The van der Waals surface area contributed by atoms with Gasteiger partial charge in [0, 0.05) is 6.42 Å². The molecule has 2 aromatic carbocycles. The first-order valence-electron chi connectivity index (χ1n) is 11.3. The summed E-state index contributed by atoms with van der Waals surface area (Å²) in [7, 11) is 0. The average molecular weight is 400 g/mol. The number of amides is 1. The van der Waals surface area contributed by atoms with E-state index in [9.17, 15) is 9.90 Å². The van der Waals surface area contributed by atoms with Crippen LogP contribution in [-0.2, 0) is 16.1 Å².